The zero-order valence-corrected chi connectivity index (χ0v) is 28.8. The summed E-state index contributed by atoms with van der Waals surface area (Å²) in [4.78, 5) is 0. The molecule has 0 aromatic heterocycles. The fraction of sp³-hybridized carbons (Fsp3) is 0.0800. The van der Waals surface area contributed by atoms with E-state index in [2.05, 4.69) is 172 Å². The number of rotatable bonds is 10. The molecule has 4 aromatic carbocycles. The van der Waals surface area contributed by atoms with E-state index < -0.39 is 0 Å². The van der Waals surface area contributed by atoms with E-state index in [0.29, 0.717) is 0 Å². The molecule has 50 heavy (non-hydrogen) atoms. The van der Waals surface area contributed by atoms with Crippen molar-refractivity contribution in [2.45, 2.75) is 25.7 Å². The highest BCUT2D eigenvalue weighted by Gasteiger charge is 2.15. The summed E-state index contributed by atoms with van der Waals surface area (Å²) in [5.74, 6) is 0. The van der Waals surface area contributed by atoms with Crippen LogP contribution < -0.4 is 0 Å². The number of hydrogen-bond acceptors (Lipinski definition) is 0. The molecule has 4 aromatic rings. The van der Waals surface area contributed by atoms with Gasteiger partial charge in [-0.05, 0) is 109 Å². The maximum atomic E-state index is 4.61. The van der Waals surface area contributed by atoms with Gasteiger partial charge in [0.15, 0.2) is 0 Å². The van der Waals surface area contributed by atoms with Crippen LogP contribution in [-0.4, -0.2) is 0 Å². The maximum absolute atomic E-state index is 4.61. The third-order valence-electron chi connectivity index (χ3n) is 9.38. The van der Waals surface area contributed by atoms with Crippen LogP contribution in [0.2, 0.25) is 0 Å². The van der Waals surface area contributed by atoms with Crippen LogP contribution in [0.3, 0.4) is 0 Å². The van der Waals surface area contributed by atoms with Crippen molar-refractivity contribution < 1.29 is 0 Å². The molecule has 0 saturated carbocycles. The summed E-state index contributed by atoms with van der Waals surface area (Å²) in [6.45, 7) is 16.8. The first-order chi connectivity index (χ1) is 24.5. The van der Waals surface area contributed by atoms with Gasteiger partial charge in [0.1, 0.15) is 0 Å². The van der Waals surface area contributed by atoms with Gasteiger partial charge < -0.3 is 0 Å². The summed E-state index contributed by atoms with van der Waals surface area (Å²) in [7, 11) is 0. The Hall–Kier alpha value is -5.98. The van der Waals surface area contributed by atoms with Crippen molar-refractivity contribution in [3.05, 3.63) is 230 Å². The number of benzene rings is 3. The highest BCUT2D eigenvalue weighted by molar-refractivity contribution is 6.02. The van der Waals surface area contributed by atoms with Crippen LogP contribution in [0.4, 0.5) is 0 Å². The van der Waals surface area contributed by atoms with Gasteiger partial charge in [-0.15, -0.1) is 0 Å². The first-order valence-electron chi connectivity index (χ1n) is 17.4. The van der Waals surface area contributed by atoms with Crippen LogP contribution in [0.25, 0.3) is 44.2 Å². The van der Waals surface area contributed by atoms with E-state index in [1.807, 2.05) is 18.2 Å². The zero-order chi connectivity index (χ0) is 34.7. The topological polar surface area (TPSA) is 0 Å². The van der Waals surface area contributed by atoms with Gasteiger partial charge in [-0.1, -0.05) is 190 Å². The second-order valence-corrected chi connectivity index (χ2v) is 12.7. The lowest BCUT2D eigenvalue weighted by Gasteiger charge is -2.20. The van der Waals surface area contributed by atoms with Gasteiger partial charge in [-0.3, -0.25) is 0 Å². The molecular weight excluding hydrogens is 601 g/mol. The number of allylic oxidation sites excluding steroid dienone is 16. The summed E-state index contributed by atoms with van der Waals surface area (Å²) < 4.78 is 0. The van der Waals surface area contributed by atoms with Gasteiger partial charge in [-0.2, -0.15) is 0 Å². The van der Waals surface area contributed by atoms with E-state index in [9.17, 15) is 0 Å². The Balaban J connectivity index is 1.60. The van der Waals surface area contributed by atoms with Crippen molar-refractivity contribution in [2.24, 2.45) is 0 Å². The van der Waals surface area contributed by atoms with Crippen LogP contribution in [0.1, 0.15) is 36.8 Å². The van der Waals surface area contributed by atoms with E-state index in [1.54, 1.807) is 6.08 Å². The number of hydrogen-bond donors (Lipinski definition) is 0. The lowest BCUT2D eigenvalue weighted by molar-refractivity contribution is 0.905. The average Bonchev–Trinajstić information content (AvgIpc) is 3.18. The lowest BCUT2D eigenvalue weighted by Crippen LogP contribution is -1.99. The van der Waals surface area contributed by atoms with Crippen molar-refractivity contribution >= 4 is 21.9 Å². The Bertz CT molecular complexity index is 2190. The van der Waals surface area contributed by atoms with Crippen LogP contribution in [0.15, 0.2) is 219 Å². The Morgan fingerprint density at radius 2 is 1.14 bits per heavy atom. The molecule has 6 rings (SSSR count). The van der Waals surface area contributed by atoms with Crippen molar-refractivity contribution in [2.75, 3.05) is 0 Å². The molecule has 2 aliphatic carbocycles. The molecule has 0 bridgehead atoms. The first-order valence-corrected chi connectivity index (χ1v) is 17.4. The zero-order valence-electron chi connectivity index (χ0n) is 28.8. The molecule has 0 fully saturated rings. The predicted molar refractivity (Wildman–Crippen MR) is 220 cm³/mol. The minimum atomic E-state index is 0.826. The largest absolute Gasteiger partial charge is 0.0991 e. The monoisotopic (exact) mass is 644 g/mol. The Morgan fingerprint density at radius 3 is 1.82 bits per heavy atom. The molecule has 0 saturated heterocycles. The van der Waals surface area contributed by atoms with Crippen LogP contribution >= 0.6 is 0 Å². The molecular formula is C50H44. The minimum Gasteiger partial charge on any atom is -0.0991 e. The normalized spacial score (nSPS) is 14.1. The molecule has 0 atom stereocenters. The van der Waals surface area contributed by atoms with E-state index in [4.69, 9.17) is 0 Å². The summed E-state index contributed by atoms with van der Waals surface area (Å²) in [5.41, 5.74) is 13.7. The first kappa shape index (κ1) is 33.9. The molecule has 0 heterocycles. The van der Waals surface area contributed by atoms with Gasteiger partial charge in [0.05, 0.1) is 0 Å². The fourth-order valence-corrected chi connectivity index (χ4v) is 6.54. The fourth-order valence-electron chi connectivity index (χ4n) is 6.54. The van der Waals surface area contributed by atoms with Gasteiger partial charge in [-0.25, -0.2) is 0 Å². The molecule has 0 N–H and O–H groups in total. The Kier molecular flexibility index (Phi) is 11.1. The standard InChI is InChI=1S/C50H44/c1-5-6-17-37(2)38(3)26-27-39(4)47-25-16-24-43(40-18-10-7-11-19-40)32-34-48(45-30-28-44(29-31-45)41-20-12-8-13-21-41)49-35-33-46(36-50(47)49)42-22-14-9-15-23-42/h5-12,14-20,22-28,30,32-36H,1-4,13,21,29,31H2. The predicted octanol–water partition coefficient (Wildman–Crippen LogP) is 14.1. The molecule has 0 radical (unpaired) electrons. The van der Waals surface area contributed by atoms with Crippen molar-refractivity contribution in [1.29, 1.82) is 0 Å². The molecule has 0 amide bonds. The third-order valence-corrected chi connectivity index (χ3v) is 9.38. The van der Waals surface area contributed by atoms with E-state index in [-0.39, 0.29) is 0 Å². The second-order valence-electron chi connectivity index (χ2n) is 12.7. The summed E-state index contributed by atoms with van der Waals surface area (Å²) in [6, 6.07) is 39.2. The summed E-state index contributed by atoms with van der Waals surface area (Å²) in [6.07, 6.45) is 25.3. The third kappa shape index (κ3) is 8.17. The summed E-state index contributed by atoms with van der Waals surface area (Å²) >= 11 is 0. The quantitative estimate of drug-likeness (QED) is 0.151. The van der Waals surface area contributed by atoms with Crippen LogP contribution in [0.5, 0.6) is 0 Å². The molecule has 0 nitrogen and oxygen atoms in total. The molecule has 0 spiro atoms. The molecule has 0 unspecified atom stereocenters. The Labute approximate surface area is 298 Å². The summed E-state index contributed by atoms with van der Waals surface area (Å²) in [5, 5.41) is 2.32. The smallest absolute Gasteiger partial charge is 0.00933 e. The van der Waals surface area contributed by atoms with Crippen LogP contribution in [0, 0.1) is 0 Å². The molecule has 0 heteroatoms. The second kappa shape index (κ2) is 16.4. The number of fused-ring (bicyclic) bond motifs is 1. The van der Waals surface area contributed by atoms with E-state index >= 15 is 0 Å². The lowest BCUT2D eigenvalue weighted by atomic mass is 9.85. The Morgan fingerprint density at radius 1 is 0.520 bits per heavy atom. The van der Waals surface area contributed by atoms with Gasteiger partial charge >= 0.3 is 0 Å². The minimum absolute atomic E-state index is 0.826. The van der Waals surface area contributed by atoms with Gasteiger partial charge in [0, 0.05) is 0 Å². The van der Waals surface area contributed by atoms with Crippen molar-refractivity contribution in [1.82, 2.24) is 0 Å². The molecule has 2 aliphatic rings. The van der Waals surface area contributed by atoms with Gasteiger partial charge in [0.25, 0.3) is 0 Å². The molecule has 0 aliphatic heterocycles. The highest BCUT2D eigenvalue weighted by atomic mass is 14.2. The highest BCUT2D eigenvalue weighted by Crippen LogP contribution is 2.38. The maximum Gasteiger partial charge on any atom is -0.00933 e. The average molecular weight is 645 g/mol. The molecule has 244 valence electrons. The van der Waals surface area contributed by atoms with E-state index in [0.717, 1.165) is 64.5 Å². The van der Waals surface area contributed by atoms with Crippen molar-refractivity contribution in [3.8, 4) is 22.3 Å². The van der Waals surface area contributed by atoms with Crippen molar-refractivity contribution in [3.63, 3.8) is 0 Å². The SMILES string of the molecule is C=CC=CC(=C)C(=C)C=CC(=C)c1cccc(-c2ccccc2)ccc(C2=CC=C(C3=CC=CCC3)CC2)c2ccc(-c3ccccc3)cc12. The van der Waals surface area contributed by atoms with E-state index in [1.165, 1.54) is 38.8 Å². The van der Waals surface area contributed by atoms with Crippen LogP contribution in [-0.2, 0) is 0 Å². The van der Waals surface area contributed by atoms with Gasteiger partial charge in [0.2, 0.25) is 0 Å².